The zero-order chi connectivity index (χ0) is 13.0. The van der Waals surface area contributed by atoms with Gasteiger partial charge >= 0.3 is 0 Å². The Morgan fingerprint density at radius 1 is 1.28 bits per heavy atom. The molecule has 96 valence electrons. The molecule has 0 aliphatic rings. The van der Waals surface area contributed by atoms with Crippen molar-refractivity contribution in [1.82, 2.24) is 14.5 Å². The maximum absolute atomic E-state index is 11.3. The zero-order valence-electron chi connectivity index (χ0n) is 10.1. The van der Waals surface area contributed by atoms with Crippen LogP contribution in [-0.2, 0) is 16.6 Å². The molecule has 1 aromatic heterocycles. The smallest absolute Gasteiger partial charge is 0.211 e. The van der Waals surface area contributed by atoms with Gasteiger partial charge in [0.25, 0.3) is 0 Å². The second-order valence-electron chi connectivity index (χ2n) is 3.85. The quantitative estimate of drug-likeness (QED) is 0.886. The highest BCUT2D eigenvalue weighted by atomic mass is 32.2. The highest BCUT2D eigenvalue weighted by Gasteiger charge is 2.07. The summed E-state index contributed by atoms with van der Waals surface area (Å²) in [5, 5.41) is 4.19. The summed E-state index contributed by atoms with van der Waals surface area (Å²) >= 11 is 0. The largest absolute Gasteiger partial charge is 0.241 e. The van der Waals surface area contributed by atoms with E-state index in [1.165, 1.54) is 0 Å². The first kappa shape index (κ1) is 12.8. The van der Waals surface area contributed by atoms with Crippen molar-refractivity contribution in [2.45, 2.75) is 13.5 Å². The molecule has 1 N–H and O–H groups in total. The molecule has 2 aromatic rings. The van der Waals surface area contributed by atoms with Gasteiger partial charge in [-0.15, -0.1) is 0 Å². The second-order valence-corrected chi connectivity index (χ2v) is 5.95. The molecular weight excluding hydrogens is 250 g/mol. The van der Waals surface area contributed by atoms with Crippen molar-refractivity contribution in [2.24, 2.45) is 0 Å². The SMILES string of the molecule is CCS(=O)(=O)NCc1cnn(-c2ccccc2)c1. The highest BCUT2D eigenvalue weighted by molar-refractivity contribution is 7.89. The van der Waals surface area contributed by atoms with Gasteiger partial charge < -0.3 is 0 Å². The lowest BCUT2D eigenvalue weighted by Gasteiger charge is -2.02. The van der Waals surface area contributed by atoms with E-state index in [0.717, 1.165) is 11.3 Å². The van der Waals surface area contributed by atoms with Crippen molar-refractivity contribution in [3.05, 3.63) is 48.3 Å². The number of benzene rings is 1. The predicted molar refractivity (Wildman–Crippen MR) is 69.9 cm³/mol. The molecule has 0 unspecified atom stereocenters. The van der Waals surface area contributed by atoms with Gasteiger partial charge in [-0.05, 0) is 19.1 Å². The predicted octanol–water partition coefficient (Wildman–Crippen LogP) is 1.31. The van der Waals surface area contributed by atoms with Crippen LogP contribution in [0.15, 0.2) is 42.7 Å². The molecule has 0 radical (unpaired) electrons. The maximum Gasteiger partial charge on any atom is 0.211 e. The van der Waals surface area contributed by atoms with Crippen LogP contribution in [0.2, 0.25) is 0 Å². The maximum atomic E-state index is 11.3. The van der Waals surface area contributed by atoms with Gasteiger partial charge in [-0.1, -0.05) is 18.2 Å². The molecule has 0 spiro atoms. The van der Waals surface area contributed by atoms with Crippen LogP contribution in [0, 0.1) is 0 Å². The Bertz CT molecular complexity index is 605. The Hall–Kier alpha value is -1.66. The van der Waals surface area contributed by atoms with Crippen LogP contribution in [0.1, 0.15) is 12.5 Å². The van der Waals surface area contributed by atoms with Crippen LogP contribution in [-0.4, -0.2) is 24.0 Å². The van der Waals surface area contributed by atoms with E-state index in [-0.39, 0.29) is 12.3 Å². The fourth-order valence-corrected chi connectivity index (χ4v) is 2.06. The molecule has 0 aliphatic carbocycles. The van der Waals surface area contributed by atoms with E-state index in [1.54, 1.807) is 17.8 Å². The van der Waals surface area contributed by atoms with E-state index in [0.29, 0.717) is 0 Å². The number of hydrogen-bond donors (Lipinski definition) is 1. The van der Waals surface area contributed by atoms with Crippen LogP contribution in [0.25, 0.3) is 5.69 Å². The lowest BCUT2D eigenvalue weighted by Crippen LogP contribution is -2.24. The summed E-state index contributed by atoms with van der Waals surface area (Å²) in [5.74, 6) is 0.0832. The van der Waals surface area contributed by atoms with Crippen molar-refractivity contribution < 1.29 is 8.42 Å². The monoisotopic (exact) mass is 265 g/mol. The molecule has 0 saturated carbocycles. The highest BCUT2D eigenvalue weighted by Crippen LogP contribution is 2.07. The molecular formula is C12H15N3O2S. The van der Waals surface area contributed by atoms with Crippen molar-refractivity contribution in [3.8, 4) is 5.69 Å². The van der Waals surface area contributed by atoms with E-state index in [2.05, 4.69) is 9.82 Å². The van der Waals surface area contributed by atoms with Gasteiger partial charge in [0.1, 0.15) is 0 Å². The number of sulfonamides is 1. The zero-order valence-corrected chi connectivity index (χ0v) is 10.9. The molecule has 0 aliphatic heterocycles. The van der Waals surface area contributed by atoms with Crippen molar-refractivity contribution in [3.63, 3.8) is 0 Å². The topological polar surface area (TPSA) is 64.0 Å². The average Bonchev–Trinajstić information content (AvgIpc) is 2.86. The van der Waals surface area contributed by atoms with Gasteiger partial charge in [-0.3, -0.25) is 0 Å². The first-order chi connectivity index (χ1) is 8.61. The van der Waals surface area contributed by atoms with Gasteiger partial charge in [0.05, 0.1) is 17.6 Å². The minimum absolute atomic E-state index is 0.0832. The summed E-state index contributed by atoms with van der Waals surface area (Å²) in [6.45, 7) is 1.87. The van der Waals surface area contributed by atoms with E-state index >= 15 is 0 Å². The van der Waals surface area contributed by atoms with Crippen molar-refractivity contribution in [1.29, 1.82) is 0 Å². The second kappa shape index (κ2) is 5.32. The lowest BCUT2D eigenvalue weighted by atomic mass is 10.3. The molecule has 5 nitrogen and oxygen atoms in total. The summed E-state index contributed by atoms with van der Waals surface area (Å²) < 4.78 is 26.8. The van der Waals surface area contributed by atoms with E-state index < -0.39 is 10.0 Å². The third-order valence-electron chi connectivity index (χ3n) is 2.53. The first-order valence-electron chi connectivity index (χ1n) is 5.67. The molecule has 1 heterocycles. The third-order valence-corrected chi connectivity index (χ3v) is 3.88. The Balaban J connectivity index is 2.08. The summed E-state index contributed by atoms with van der Waals surface area (Å²) in [6.07, 6.45) is 3.47. The third kappa shape index (κ3) is 3.18. The molecule has 1 aromatic carbocycles. The summed E-state index contributed by atoms with van der Waals surface area (Å²) in [4.78, 5) is 0. The van der Waals surface area contributed by atoms with Gasteiger partial charge in [0.15, 0.2) is 0 Å². The summed E-state index contributed by atoms with van der Waals surface area (Å²) in [7, 11) is -3.16. The number of aromatic nitrogens is 2. The van der Waals surface area contributed by atoms with Gasteiger partial charge in [0, 0.05) is 18.3 Å². The molecule has 0 saturated heterocycles. The number of para-hydroxylation sites is 1. The van der Waals surface area contributed by atoms with Crippen LogP contribution in [0.5, 0.6) is 0 Å². The van der Waals surface area contributed by atoms with E-state index in [1.807, 2.05) is 36.5 Å². The average molecular weight is 265 g/mol. The fourth-order valence-electron chi connectivity index (χ4n) is 1.47. The minimum atomic E-state index is -3.16. The summed E-state index contributed by atoms with van der Waals surface area (Å²) in [5.41, 5.74) is 1.78. The first-order valence-corrected chi connectivity index (χ1v) is 7.32. The number of hydrogen-bond acceptors (Lipinski definition) is 3. The molecule has 0 fully saturated rings. The number of nitrogens with one attached hydrogen (secondary N) is 1. The fraction of sp³-hybridized carbons (Fsp3) is 0.250. The molecule has 2 rings (SSSR count). The van der Waals surface area contributed by atoms with Gasteiger partial charge in [-0.2, -0.15) is 5.10 Å². The van der Waals surface area contributed by atoms with Crippen LogP contribution in [0.4, 0.5) is 0 Å². The van der Waals surface area contributed by atoms with Crippen LogP contribution >= 0.6 is 0 Å². The van der Waals surface area contributed by atoms with E-state index in [9.17, 15) is 8.42 Å². The lowest BCUT2D eigenvalue weighted by molar-refractivity contribution is 0.582. The van der Waals surface area contributed by atoms with Crippen molar-refractivity contribution >= 4 is 10.0 Å². The minimum Gasteiger partial charge on any atom is -0.241 e. The molecule has 6 heteroatoms. The molecule has 0 amide bonds. The number of nitrogens with zero attached hydrogens (tertiary/aromatic N) is 2. The Kier molecular flexibility index (Phi) is 3.78. The van der Waals surface area contributed by atoms with E-state index in [4.69, 9.17) is 0 Å². The van der Waals surface area contributed by atoms with Crippen molar-refractivity contribution in [2.75, 3.05) is 5.75 Å². The summed E-state index contributed by atoms with van der Waals surface area (Å²) in [6, 6.07) is 9.66. The normalized spacial score (nSPS) is 11.6. The Morgan fingerprint density at radius 2 is 2.00 bits per heavy atom. The molecule has 18 heavy (non-hydrogen) atoms. The van der Waals surface area contributed by atoms with Gasteiger partial charge in [0.2, 0.25) is 10.0 Å². The Morgan fingerprint density at radius 3 is 2.67 bits per heavy atom. The van der Waals surface area contributed by atoms with Gasteiger partial charge in [-0.25, -0.2) is 17.8 Å². The van der Waals surface area contributed by atoms with Crippen LogP contribution in [0.3, 0.4) is 0 Å². The standard InChI is InChI=1S/C12H15N3O2S/c1-2-18(16,17)14-9-11-8-13-15(10-11)12-6-4-3-5-7-12/h3-8,10,14H,2,9H2,1H3. The van der Waals surface area contributed by atoms with Crippen LogP contribution < -0.4 is 4.72 Å². The number of rotatable bonds is 5. The molecule has 0 bridgehead atoms. The molecule has 0 atom stereocenters. The Labute approximate surface area is 107 Å².